The van der Waals surface area contributed by atoms with Crippen molar-refractivity contribution >= 4 is 23.4 Å². The van der Waals surface area contributed by atoms with E-state index in [0.717, 1.165) is 42.1 Å². The van der Waals surface area contributed by atoms with Gasteiger partial charge in [0.2, 0.25) is 0 Å². The van der Waals surface area contributed by atoms with Gasteiger partial charge in [-0.25, -0.2) is 4.39 Å². The second kappa shape index (κ2) is 9.16. The number of piperazine rings is 1. The molecule has 0 atom stereocenters. The molecule has 2 aliphatic rings. The van der Waals surface area contributed by atoms with Crippen LogP contribution in [0.25, 0.3) is 6.08 Å². The van der Waals surface area contributed by atoms with Crippen molar-refractivity contribution in [2.45, 2.75) is 13.5 Å². The van der Waals surface area contributed by atoms with Crippen LogP contribution in [0, 0.1) is 12.7 Å². The molecule has 33 heavy (non-hydrogen) atoms. The highest BCUT2D eigenvalue weighted by atomic mass is 19.1. The smallest absolute Gasteiger partial charge is 0.253 e. The van der Waals surface area contributed by atoms with Crippen LogP contribution in [0.5, 0.6) is 0 Å². The highest BCUT2D eigenvalue weighted by Gasteiger charge is 2.24. The number of rotatable bonds is 4. The first-order valence-electron chi connectivity index (χ1n) is 11.3. The van der Waals surface area contributed by atoms with Crippen LogP contribution >= 0.6 is 0 Å². The number of nitrogens with zero attached hydrogens (tertiary/aromatic N) is 4. The highest BCUT2D eigenvalue weighted by Crippen LogP contribution is 2.34. The normalized spacial score (nSPS) is 16.1. The first-order valence-corrected chi connectivity index (χ1v) is 11.3. The van der Waals surface area contributed by atoms with Gasteiger partial charge in [-0.05, 0) is 54.4 Å². The van der Waals surface area contributed by atoms with Crippen LogP contribution in [0.3, 0.4) is 0 Å². The summed E-state index contributed by atoms with van der Waals surface area (Å²) in [5, 5.41) is 0. The number of benzene rings is 2. The summed E-state index contributed by atoms with van der Waals surface area (Å²) in [6, 6.07) is 17.5. The van der Waals surface area contributed by atoms with Crippen molar-refractivity contribution < 1.29 is 9.18 Å². The molecular weight excluding hydrogens is 415 g/mol. The van der Waals surface area contributed by atoms with Crippen LogP contribution < -0.4 is 4.90 Å². The number of pyridine rings is 1. The number of hydrogen-bond donors (Lipinski definition) is 0. The molecule has 0 bridgehead atoms. The second-order valence-corrected chi connectivity index (χ2v) is 8.61. The number of amides is 1. The Bertz CT molecular complexity index is 1180. The minimum atomic E-state index is -0.323. The third-order valence-electron chi connectivity index (χ3n) is 6.38. The third kappa shape index (κ3) is 4.52. The second-order valence-electron chi connectivity index (χ2n) is 8.61. The van der Waals surface area contributed by atoms with Crippen molar-refractivity contribution in [1.82, 2.24) is 14.8 Å². The van der Waals surface area contributed by atoms with E-state index in [-0.39, 0.29) is 11.7 Å². The number of para-hydroxylation sites is 1. The Morgan fingerprint density at radius 2 is 1.82 bits per heavy atom. The molecule has 1 saturated heterocycles. The van der Waals surface area contributed by atoms with Crippen LogP contribution in [-0.4, -0.2) is 53.4 Å². The Labute approximate surface area is 193 Å². The molecule has 3 heterocycles. The molecule has 3 aromatic rings. The molecule has 2 aromatic carbocycles. The van der Waals surface area contributed by atoms with Gasteiger partial charge in [-0.15, -0.1) is 0 Å². The van der Waals surface area contributed by atoms with Gasteiger partial charge in [-0.1, -0.05) is 30.4 Å². The van der Waals surface area contributed by atoms with Crippen LogP contribution in [0.15, 0.2) is 66.9 Å². The molecule has 0 radical (unpaired) electrons. The summed E-state index contributed by atoms with van der Waals surface area (Å²) in [7, 11) is 0. The quantitative estimate of drug-likeness (QED) is 0.590. The van der Waals surface area contributed by atoms with Gasteiger partial charge in [0.15, 0.2) is 0 Å². The lowest BCUT2D eigenvalue weighted by Crippen LogP contribution is -2.48. The molecule has 0 saturated carbocycles. The first kappa shape index (κ1) is 21.3. The number of carbonyl (C=O) groups excluding carboxylic acids is 1. The average Bonchev–Trinajstić information content (AvgIpc) is 2.85. The molecular formula is C27H27FN4O. The van der Waals surface area contributed by atoms with E-state index >= 15 is 0 Å². The fourth-order valence-electron chi connectivity index (χ4n) is 4.60. The number of anilines is 2. The third-order valence-corrected chi connectivity index (χ3v) is 6.38. The zero-order valence-electron chi connectivity index (χ0n) is 18.7. The number of halogens is 1. The lowest BCUT2D eigenvalue weighted by Gasteiger charge is -2.35. The van der Waals surface area contributed by atoms with Gasteiger partial charge in [-0.2, -0.15) is 0 Å². The number of aryl methyl sites for hydroxylation is 1. The van der Waals surface area contributed by atoms with E-state index in [9.17, 15) is 9.18 Å². The fourth-order valence-corrected chi connectivity index (χ4v) is 4.60. The highest BCUT2D eigenvalue weighted by molar-refractivity contribution is 5.95. The van der Waals surface area contributed by atoms with Crippen LogP contribution in [0.4, 0.5) is 15.8 Å². The van der Waals surface area contributed by atoms with E-state index in [2.05, 4.69) is 64.2 Å². The average molecular weight is 443 g/mol. The van der Waals surface area contributed by atoms with Crippen molar-refractivity contribution in [2.75, 3.05) is 37.6 Å². The van der Waals surface area contributed by atoms with Gasteiger partial charge in [0.25, 0.3) is 5.91 Å². The number of aromatic nitrogens is 1. The minimum Gasteiger partial charge on any atom is -0.337 e. The zero-order valence-corrected chi connectivity index (χ0v) is 18.7. The Morgan fingerprint density at radius 3 is 2.58 bits per heavy atom. The molecule has 5 nitrogen and oxygen atoms in total. The zero-order chi connectivity index (χ0) is 22.8. The molecule has 0 unspecified atom stereocenters. The summed E-state index contributed by atoms with van der Waals surface area (Å²) in [5.41, 5.74) is 6.18. The maximum absolute atomic E-state index is 13.2. The number of fused-ring (bicyclic) bond motifs is 1. The largest absolute Gasteiger partial charge is 0.337 e. The van der Waals surface area contributed by atoms with E-state index in [0.29, 0.717) is 19.6 Å². The van der Waals surface area contributed by atoms with Crippen molar-refractivity contribution in [1.29, 1.82) is 0 Å². The van der Waals surface area contributed by atoms with Gasteiger partial charge in [0.1, 0.15) is 5.82 Å². The summed E-state index contributed by atoms with van der Waals surface area (Å²) in [5.74, 6) is -0.250. The van der Waals surface area contributed by atoms with Crippen LogP contribution in [-0.2, 0) is 6.54 Å². The first-order chi connectivity index (χ1) is 16.1. The van der Waals surface area contributed by atoms with Gasteiger partial charge >= 0.3 is 0 Å². The summed E-state index contributed by atoms with van der Waals surface area (Å²) in [6.07, 6.45) is 5.58. The molecule has 5 rings (SSSR count). The molecule has 1 amide bonds. The molecule has 0 N–H and O–H groups in total. The van der Waals surface area contributed by atoms with E-state index < -0.39 is 0 Å². The topological polar surface area (TPSA) is 39.7 Å². The van der Waals surface area contributed by atoms with E-state index in [1.807, 2.05) is 17.0 Å². The Balaban J connectivity index is 1.24. The van der Waals surface area contributed by atoms with Crippen molar-refractivity contribution in [2.24, 2.45) is 0 Å². The van der Waals surface area contributed by atoms with Gasteiger partial charge in [-0.3, -0.25) is 14.7 Å². The fraction of sp³-hybridized carbons (Fsp3) is 0.259. The maximum Gasteiger partial charge on any atom is 0.253 e. The summed E-state index contributed by atoms with van der Waals surface area (Å²) in [4.78, 5) is 23.8. The summed E-state index contributed by atoms with van der Waals surface area (Å²) < 4.78 is 13.1. The predicted molar refractivity (Wildman–Crippen MR) is 129 cm³/mol. The Hall–Kier alpha value is -3.51. The van der Waals surface area contributed by atoms with Gasteiger partial charge < -0.3 is 9.80 Å². The Kier molecular flexibility index (Phi) is 5.92. The molecule has 168 valence electrons. The maximum atomic E-state index is 13.2. The summed E-state index contributed by atoms with van der Waals surface area (Å²) >= 11 is 0. The molecule has 2 aliphatic heterocycles. The minimum absolute atomic E-state index is 0.0724. The molecule has 6 heteroatoms. The monoisotopic (exact) mass is 442 g/mol. The Morgan fingerprint density at radius 1 is 1.00 bits per heavy atom. The SMILES string of the molecule is Cc1cc(C(=O)N2CCN(Cc3ccc(F)cn3)CC2)ccc1N1CC=Cc2ccccc21. The standard InChI is InChI=1S/C27H27FN4O/c1-20-17-22(8-11-25(20)32-12-4-6-21-5-2-3-7-26(21)32)27(33)31-15-13-30(14-16-31)19-24-10-9-23(28)18-29-24/h2-11,17-18H,12-16,19H2,1H3. The van der Waals surface area contributed by atoms with E-state index in [4.69, 9.17) is 0 Å². The van der Waals surface area contributed by atoms with E-state index in [1.54, 1.807) is 6.07 Å². The summed E-state index contributed by atoms with van der Waals surface area (Å²) in [6.45, 7) is 6.45. The van der Waals surface area contributed by atoms with Crippen LogP contribution in [0.2, 0.25) is 0 Å². The molecule has 1 fully saturated rings. The van der Waals surface area contributed by atoms with Gasteiger partial charge in [0, 0.05) is 56.2 Å². The lowest BCUT2D eigenvalue weighted by atomic mass is 10.0. The molecule has 0 aliphatic carbocycles. The van der Waals surface area contributed by atoms with Gasteiger partial charge in [0.05, 0.1) is 11.9 Å². The van der Waals surface area contributed by atoms with E-state index in [1.165, 1.54) is 23.5 Å². The molecule has 1 aromatic heterocycles. The van der Waals surface area contributed by atoms with Crippen molar-refractivity contribution in [3.8, 4) is 0 Å². The predicted octanol–water partition coefficient (Wildman–Crippen LogP) is 4.65. The molecule has 0 spiro atoms. The number of hydrogen-bond acceptors (Lipinski definition) is 4. The van der Waals surface area contributed by atoms with Crippen molar-refractivity contribution in [3.63, 3.8) is 0 Å². The van der Waals surface area contributed by atoms with Crippen LogP contribution in [0.1, 0.15) is 27.2 Å². The lowest BCUT2D eigenvalue weighted by molar-refractivity contribution is 0.0627. The van der Waals surface area contributed by atoms with Crippen molar-refractivity contribution in [3.05, 3.63) is 95.1 Å². The number of carbonyl (C=O) groups is 1.